The number of carbonyl (C=O) groups excluding carboxylic acids is 1. The molecule has 41 heavy (non-hydrogen) atoms. The highest BCUT2D eigenvalue weighted by atomic mass is 35.5. The number of rotatable bonds is 8. The van der Waals surface area contributed by atoms with Gasteiger partial charge in [-0.1, -0.05) is 18.5 Å². The monoisotopic (exact) mass is 613 g/mol. The van der Waals surface area contributed by atoms with Gasteiger partial charge in [-0.15, -0.1) is 0 Å². The van der Waals surface area contributed by atoms with Gasteiger partial charge in [-0.05, 0) is 74.6 Å². The Morgan fingerprint density at radius 3 is 2.29 bits per heavy atom. The van der Waals surface area contributed by atoms with Crippen molar-refractivity contribution in [2.45, 2.75) is 69.1 Å². The van der Waals surface area contributed by atoms with Gasteiger partial charge in [-0.2, -0.15) is 22.6 Å². The Morgan fingerprint density at radius 1 is 1.07 bits per heavy atom. The average Bonchev–Trinajstić information content (AvgIpc) is 3.43. The number of carbonyl (C=O) groups is 1. The third-order valence-electron chi connectivity index (χ3n) is 8.30. The zero-order valence-corrected chi connectivity index (χ0v) is 23.8. The van der Waals surface area contributed by atoms with E-state index in [9.17, 15) is 30.8 Å². The first kappa shape index (κ1) is 29.6. The van der Waals surface area contributed by atoms with Gasteiger partial charge in [0.1, 0.15) is 11.5 Å². The molecule has 1 aliphatic heterocycles. The van der Waals surface area contributed by atoms with Crippen LogP contribution in [0.1, 0.15) is 50.9 Å². The zero-order chi connectivity index (χ0) is 29.7. The molecule has 5 rings (SSSR count). The second kappa shape index (κ2) is 11.1. The second-order valence-electron chi connectivity index (χ2n) is 10.9. The molecule has 2 aliphatic rings. The van der Waals surface area contributed by atoms with Gasteiger partial charge in [-0.25, -0.2) is 27.5 Å². The summed E-state index contributed by atoms with van der Waals surface area (Å²) in [5.41, 5.74) is 0.899. The van der Waals surface area contributed by atoms with Crippen LogP contribution in [0.3, 0.4) is 0 Å². The fourth-order valence-electron chi connectivity index (χ4n) is 5.67. The molecule has 8 nitrogen and oxygen atoms in total. The van der Waals surface area contributed by atoms with E-state index >= 15 is 0 Å². The van der Waals surface area contributed by atoms with Crippen molar-refractivity contribution in [2.75, 3.05) is 0 Å². The predicted octanol–water partition coefficient (Wildman–Crippen LogP) is 5.49. The Balaban J connectivity index is 1.27. The number of benzene rings is 1. The van der Waals surface area contributed by atoms with Crippen LogP contribution in [-0.4, -0.2) is 50.3 Å². The number of hydrogen-bond acceptors (Lipinski definition) is 6. The van der Waals surface area contributed by atoms with Crippen LogP contribution in [0.15, 0.2) is 47.8 Å². The number of nitrogens with zero attached hydrogens (tertiary/aromatic N) is 5. The van der Waals surface area contributed by atoms with Crippen LogP contribution in [0.4, 0.5) is 17.6 Å². The minimum absolute atomic E-state index is 0.0258. The number of sulfonamides is 1. The van der Waals surface area contributed by atoms with E-state index in [-0.39, 0.29) is 45.7 Å². The molecule has 1 aliphatic carbocycles. The standard InChI is InChI=1S/C27H28ClF4N5O3S/c1-15-9-23(37(16(15)2)41(39,40)22-7-5-20(29)6-8-22)24(38)11-18-4-3-17(18)10-19-14-36(35-25(19)28)21-12-33-26(34-13-21)27(30,31)32/h5-8,12-18,23H,3-4,9-11H2,1-2H3/t15-,16+,17?,18?,23+/m1/s1. The van der Waals surface area contributed by atoms with Crippen LogP contribution < -0.4 is 0 Å². The van der Waals surface area contributed by atoms with Gasteiger partial charge in [-0.3, -0.25) is 4.79 Å². The van der Waals surface area contributed by atoms with E-state index in [2.05, 4.69) is 15.1 Å². The Labute approximate surface area is 239 Å². The van der Waals surface area contributed by atoms with Crippen LogP contribution in [0.2, 0.25) is 5.15 Å². The molecule has 0 spiro atoms. The third-order valence-corrected chi connectivity index (χ3v) is 10.6. The summed E-state index contributed by atoms with van der Waals surface area (Å²) in [7, 11) is -4.01. The van der Waals surface area contributed by atoms with Crippen molar-refractivity contribution in [3.8, 4) is 5.69 Å². The molecule has 220 valence electrons. The van der Waals surface area contributed by atoms with E-state index in [1.54, 1.807) is 13.1 Å². The SMILES string of the molecule is C[C@@H]1C[C@@H](C(=O)CC2CCC2Cc2cn(-c3cnc(C(F)(F)F)nc3)nc2Cl)N(S(=O)(=O)c2ccc(F)cc2)[C@H]1C. The Bertz CT molecular complexity index is 1530. The quantitative estimate of drug-likeness (QED) is 0.312. The van der Waals surface area contributed by atoms with Crippen LogP contribution in [-0.2, 0) is 27.4 Å². The summed E-state index contributed by atoms with van der Waals surface area (Å²) in [5.74, 6) is -1.85. The molecule has 1 aromatic carbocycles. The van der Waals surface area contributed by atoms with Crippen LogP contribution >= 0.6 is 11.6 Å². The van der Waals surface area contributed by atoms with Crippen molar-refractivity contribution < 1.29 is 30.8 Å². The summed E-state index contributed by atoms with van der Waals surface area (Å²) in [4.78, 5) is 20.2. The molecule has 5 atom stereocenters. The molecule has 0 bridgehead atoms. The smallest absolute Gasteiger partial charge is 0.298 e. The van der Waals surface area contributed by atoms with Gasteiger partial charge in [0.05, 0.1) is 23.3 Å². The second-order valence-corrected chi connectivity index (χ2v) is 13.1. The molecule has 1 saturated carbocycles. The largest absolute Gasteiger partial charge is 0.451 e. The van der Waals surface area contributed by atoms with E-state index in [1.165, 1.54) is 21.1 Å². The highest BCUT2D eigenvalue weighted by Gasteiger charge is 2.48. The Kier molecular flexibility index (Phi) is 7.99. The first-order valence-corrected chi connectivity index (χ1v) is 15.0. The van der Waals surface area contributed by atoms with Crippen molar-refractivity contribution in [1.29, 1.82) is 0 Å². The van der Waals surface area contributed by atoms with E-state index < -0.39 is 39.9 Å². The highest BCUT2D eigenvalue weighted by Crippen LogP contribution is 2.42. The number of halogens is 5. The molecule has 0 N–H and O–H groups in total. The maximum absolute atomic E-state index is 13.5. The number of Topliss-reactive ketones (excluding diaryl/α,β-unsaturated/α-hetero) is 1. The minimum Gasteiger partial charge on any atom is -0.298 e. The first-order valence-electron chi connectivity index (χ1n) is 13.2. The Morgan fingerprint density at radius 2 is 1.71 bits per heavy atom. The van der Waals surface area contributed by atoms with Gasteiger partial charge in [0.15, 0.2) is 10.9 Å². The summed E-state index contributed by atoms with van der Waals surface area (Å²) in [5, 5.41) is 4.37. The van der Waals surface area contributed by atoms with Gasteiger partial charge in [0.25, 0.3) is 0 Å². The molecule has 3 heterocycles. The van der Waals surface area contributed by atoms with Crippen molar-refractivity contribution in [1.82, 2.24) is 24.1 Å². The van der Waals surface area contributed by atoms with Gasteiger partial charge < -0.3 is 0 Å². The van der Waals surface area contributed by atoms with Crippen LogP contribution in [0.5, 0.6) is 0 Å². The topological polar surface area (TPSA) is 98.1 Å². The summed E-state index contributed by atoms with van der Waals surface area (Å²) in [6, 6.07) is 3.40. The first-order chi connectivity index (χ1) is 19.3. The molecule has 14 heteroatoms. The zero-order valence-electron chi connectivity index (χ0n) is 22.2. The lowest BCUT2D eigenvalue weighted by Gasteiger charge is -2.37. The lowest BCUT2D eigenvalue weighted by molar-refractivity contribution is -0.145. The number of aromatic nitrogens is 4. The maximum Gasteiger partial charge on any atom is 0.451 e. The van der Waals surface area contributed by atoms with Crippen molar-refractivity contribution in [2.24, 2.45) is 17.8 Å². The number of alkyl halides is 3. The molecule has 2 fully saturated rings. The van der Waals surface area contributed by atoms with Crippen LogP contribution in [0.25, 0.3) is 5.69 Å². The molecule has 2 unspecified atom stereocenters. The normalized spacial score (nSPS) is 25.3. The molecule has 1 saturated heterocycles. The van der Waals surface area contributed by atoms with E-state index in [4.69, 9.17) is 11.6 Å². The highest BCUT2D eigenvalue weighted by molar-refractivity contribution is 7.89. The lowest BCUT2D eigenvalue weighted by atomic mass is 9.68. The molecule has 2 aromatic heterocycles. The van der Waals surface area contributed by atoms with Gasteiger partial charge in [0, 0.05) is 24.2 Å². The molecular formula is C27H28ClF4N5O3S. The molecule has 0 radical (unpaired) electrons. The third kappa shape index (κ3) is 5.89. The fraction of sp³-hybridized carbons (Fsp3) is 0.481. The summed E-state index contributed by atoms with van der Waals surface area (Å²) < 4.78 is 81.3. The molecule has 3 aromatic rings. The maximum atomic E-state index is 13.5. The van der Waals surface area contributed by atoms with Gasteiger partial charge >= 0.3 is 6.18 Å². The fourth-order valence-corrected chi connectivity index (χ4v) is 7.79. The number of hydrogen-bond donors (Lipinski definition) is 0. The molecule has 0 amide bonds. The van der Waals surface area contributed by atoms with Gasteiger partial charge in [0.2, 0.25) is 15.8 Å². The van der Waals surface area contributed by atoms with Crippen molar-refractivity contribution in [3.63, 3.8) is 0 Å². The van der Waals surface area contributed by atoms with E-state index in [0.717, 1.165) is 37.4 Å². The average molecular weight is 614 g/mol. The summed E-state index contributed by atoms with van der Waals surface area (Å²) in [6.07, 6.45) is 1.77. The Hall–Kier alpha value is -2.90. The minimum atomic E-state index is -4.65. The van der Waals surface area contributed by atoms with E-state index in [0.29, 0.717) is 18.4 Å². The lowest BCUT2D eigenvalue weighted by Crippen LogP contribution is -2.45. The van der Waals surface area contributed by atoms with E-state index in [1.807, 2.05) is 6.92 Å². The molecular weight excluding hydrogens is 586 g/mol. The van der Waals surface area contributed by atoms with Crippen molar-refractivity contribution in [3.05, 3.63) is 65.2 Å². The van der Waals surface area contributed by atoms with Crippen molar-refractivity contribution >= 4 is 27.4 Å². The van der Waals surface area contributed by atoms with Crippen LogP contribution in [0, 0.1) is 23.6 Å². The number of ketones is 1. The summed E-state index contributed by atoms with van der Waals surface area (Å²) in [6.45, 7) is 3.70. The predicted molar refractivity (Wildman–Crippen MR) is 141 cm³/mol. The summed E-state index contributed by atoms with van der Waals surface area (Å²) >= 11 is 6.33.